The Morgan fingerprint density at radius 1 is 0.964 bits per heavy atom. The maximum Gasteiger partial charge on any atom is 0.263 e. The summed E-state index contributed by atoms with van der Waals surface area (Å²) >= 11 is 3.27. The van der Waals surface area contributed by atoms with E-state index in [9.17, 15) is 8.42 Å². The molecule has 0 aliphatic heterocycles. The predicted octanol–water partition coefficient (Wildman–Crippen LogP) is 4.45. The van der Waals surface area contributed by atoms with Gasteiger partial charge in [-0.05, 0) is 46.3 Å². The number of ether oxygens (including phenoxy) is 3. The fourth-order valence-electron chi connectivity index (χ4n) is 2.39. The number of hydrogen-bond donors (Lipinski definition) is 1. The Labute approximate surface area is 171 Å². The lowest BCUT2D eigenvalue weighted by atomic mass is 10.3. The summed E-state index contributed by atoms with van der Waals surface area (Å²) in [7, 11) is -1.06. The Morgan fingerprint density at radius 2 is 1.64 bits per heavy atom. The van der Waals surface area contributed by atoms with Gasteiger partial charge in [0, 0.05) is 16.7 Å². The van der Waals surface area contributed by atoms with E-state index in [4.69, 9.17) is 14.2 Å². The lowest BCUT2D eigenvalue weighted by Gasteiger charge is -2.15. The van der Waals surface area contributed by atoms with Crippen molar-refractivity contribution in [1.29, 1.82) is 0 Å². The zero-order chi connectivity index (χ0) is 20.1. The van der Waals surface area contributed by atoms with E-state index in [-0.39, 0.29) is 22.2 Å². The fraction of sp³-hybridized carbons (Fsp3) is 0.105. The molecule has 0 atom stereocenters. The molecule has 0 saturated heterocycles. The first kappa shape index (κ1) is 20.0. The summed E-state index contributed by atoms with van der Waals surface area (Å²) in [5, 5.41) is 0. The lowest BCUT2D eigenvalue weighted by Crippen LogP contribution is -2.15. The van der Waals surface area contributed by atoms with E-state index < -0.39 is 10.0 Å². The summed E-state index contributed by atoms with van der Waals surface area (Å²) in [6, 6.07) is 15.0. The topological polar surface area (TPSA) is 86.8 Å². The highest BCUT2D eigenvalue weighted by atomic mass is 79.9. The van der Waals surface area contributed by atoms with E-state index in [1.54, 1.807) is 24.3 Å². The molecule has 9 heteroatoms. The minimum Gasteiger partial charge on any atom is -0.493 e. The van der Waals surface area contributed by atoms with Crippen molar-refractivity contribution in [2.45, 2.75) is 4.90 Å². The van der Waals surface area contributed by atoms with Gasteiger partial charge in [0.2, 0.25) is 5.88 Å². The zero-order valence-corrected chi connectivity index (χ0v) is 17.5. The number of sulfonamides is 1. The minimum absolute atomic E-state index is 0.0142. The molecule has 0 bridgehead atoms. The molecule has 0 saturated carbocycles. The zero-order valence-electron chi connectivity index (χ0n) is 15.0. The largest absolute Gasteiger partial charge is 0.493 e. The number of anilines is 1. The Kier molecular flexibility index (Phi) is 6.05. The van der Waals surface area contributed by atoms with Gasteiger partial charge in [0.1, 0.15) is 16.3 Å². The number of benzene rings is 2. The number of rotatable bonds is 7. The molecule has 0 aliphatic rings. The summed E-state index contributed by atoms with van der Waals surface area (Å²) in [5.74, 6) is 1.36. The molecular weight excluding hydrogens is 448 g/mol. The number of nitrogens with one attached hydrogen (secondary N) is 1. The molecule has 3 rings (SSSR count). The normalized spacial score (nSPS) is 11.0. The van der Waals surface area contributed by atoms with Crippen LogP contribution in [0.3, 0.4) is 0 Å². The standard InChI is InChI=1S/C19H17BrN2O5S/c1-25-16-11-14(20)18(12-17(16)26-2)28(23,24)22-15-9-6-10-21-19(15)27-13-7-4-3-5-8-13/h3-12,22H,1-2H3. The van der Waals surface area contributed by atoms with Crippen molar-refractivity contribution in [3.05, 3.63) is 65.3 Å². The van der Waals surface area contributed by atoms with Gasteiger partial charge < -0.3 is 14.2 Å². The summed E-state index contributed by atoms with van der Waals surface area (Å²) in [6.45, 7) is 0. The maximum absolute atomic E-state index is 13.0. The summed E-state index contributed by atoms with van der Waals surface area (Å²) in [5.41, 5.74) is 0.202. The van der Waals surface area contributed by atoms with Gasteiger partial charge in [-0.15, -0.1) is 0 Å². The van der Waals surface area contributed by atoms with Gasteiger partial charge in [0.05, 0.1) is 14.2 Å². The van der Waals surface area contributed by atoms with Crippen molar-refractivity contribution >= 4 is 31.6 Å². The van der Waals surface area contributed by atoms with Crippen LogP contribution >= 0.6 is 15.9 Å². The average molecular weight is 465 g/mol. The molecule has 0 amide bonds. The molecule has 1 N–H and O–H groups in total. The number of nitrogens with zero attached hydrogens (tertiary/aromatic N) is 1. The quantitative estimate of drug-likeness (QED) is 0.555. The molecule has 7 nitrogen and oxygen atoms in total. The van der Waals surface area contributed by atoms with Gasteiger partial charge in [-0.1, -0.05) is 18.2 Å². The molecule has 146 valence electrons. The van der Waals surface area contributed by atoms with Crippen LogP contribution in [0.1, 0.15) is 0 Å². The number of halogens is 1. The Morgan fingerprint density at radius 3 is 2.32 bits per heavy atom. The van der Waals surface area contributed by atoms with Crippen molar-refractivity contribution < 1.29 is 22.6 Å². The van der Waals surface area contributed by atoms with Crippen LogP contribution in [0.5, 0.6) is 23.1 Å². The summed E-state index contributed by atoms with van der Waals surface area (Å²) in [4.78, 5) is 4.12. The van der Waals surface area contributed by atoms with E-state index >= 15 is 0 Å². The first-order valence-electron chi connectivity index (χ1n) is 8.07. The summed E-state index contributed by atoms with van der Waals surface area (Å²) in [6.07, 6.45) is 1.52. The first-order chi connectivity index (χ1) is 13.4. The highest BCUT2D eigenvalue weighted by Crippen LogP contribution is 2.37. The van der Waals surface area contributed by atoms with Crippen LogP contribution in [0.2, 0.25) is 0 Å². The third-order valence-corrected chi connectivity index (χ3v) is 6.02. The van der Waals surface area contributed by atoms with Crippen molar-refractivity contribution in [3.63, 3.8) is 0 Å². The van der Waals surface area contributed by atoms with Crippen LogP contribution in [0.15, 0.2) is 70.2 Å². The van der Waals surface area contributed by atoms with Gasteiger partial charge in [-0.2, -0.15) is 0 Å². The maximum atomic E-state index is 13.0. The van der Waals surface area contributed by atoms with Crippen LogP contribution in [-0.4, -0.2) is 27.6 Å². The Bertz CT molecular complexity index is 1070. The van der Waals surface area contributed by atoms with Crippen molar-refractivity contribution in [2.75, 3.05) is 18.9 Å². The van der Waals surface area contributed by atoms with E-state index in [0.717, 1.165) is 0 Å². The first-order valence-corrected chi connectivity index (χ1v) is 10.3. The van der Waals surface area contributed by atoms with Crippen LogP contribution in [0.25, 0.3) is 0 Å². The molecule has 1 heterocycles. The highest BCUT2D eigenvalue weighted by molar-refractivity contribution is 9.10. The third-order valence-electron chi connectivity index (χ3n) is 3.70. The number of aromatic nitrogens is 1. The van der Waals surface area contributed by atoms with Crippen LogP contribution in [0.4, 0.5) is 5.69 Å². The second-order valence-electron chi connectivity index (χ2n) is 5.51. The van der Waals surface area contributed by atoms with Gasteiger partial charge in [0.25, 0.3) is 10.0 Å². The van der Waals surface area contributed by atoms with Gasteiger partial charge in [-0.3, -0.25) is 4.72 Å². The number of pyridine rings is 1. The van der Waals surface area contributed by atoms with Gasteiger partial charge in [-0.25, -0.2) is 13.4 Å². The molecule has 0 spiro atoms. The summed E-state index contributed by atoms with van der Waals surface area (Å²) < 4.78 is 44.9. The minimum atomic E-state index is -3.97. The van der Waals surface area contributed by atoms with Crippen molar-refractivity contribution in [3.8, 4) is 23.1 Å². The van der Waals surface area contributed by atoms with Crippen molar-refractivity contribution in [1.82, 2.24) is 4.98 Å². The third kappa shape index (κ3) is 4.37. The molecular formula is C19H17BrN2O5S. The molecule has 28 heavy (non-hydrogen) atoms. The van der Waals surface area contributed by atoms with E-state index in [1.807, 2.05) is 18.2 Å². The fourth-order valence-corrected chi connectivity index (χ4v) is 4.49. The highest BCUT2D eigenvalue weighted by Gasteiger charge is 2.23. The SMILES string of the molecule is COc1cc(Br)c(S(=O)(=O)Nc2cccnc2Oc2ccccc2)cc1OC. The molecule has 1 aromatic heterocycles. The monoisotopic (exact) mass is 464 g/mol. The smallest absolute Gasteiger partial charge is 0.263 e. The second kappa shape index (κ2) is 8.49. The molecule has 3 aromatic rings. The molecule has 0 radical (unpaired) electrons. The molecule has 0 unspecified atom stereocenters. The molecule has 0 aliphatic carbocycles. The van der Waals surface area contributed by atoms with Gasteiger partial charge >= 0.3 is 0 Å². The van der Waals surface area contributed by atoms with Gasteiger partial charge in [0.15, 0.2) is 11.5 Å². The van der Waals surface area contributed by atoms with E-state index in [0.29, 0.717) is 16.0 Å². The lowest BCUT2D eigenvalue weighted by molar-refractivity contribution is 0.353. The number of hydrogen-bond acceptors (Lipinski definition) is 6. The molecule has 2 aromatic carbocycles. The second-order valence-corrected chi connectivity index (χ2v) is 8.02. The van der Waals surface area contributed by atoms with Crippen LogP contribution in [-0.2, 0) is 10.0 Å². The van der Waals surface area contributed by atoms with Crippen LogP contribution < -0.4 is 18.9 Å². The van der Waals surface area contributed by atoms with Crippen LogP contribution in [0, 0.1) is 0 Å². The van der Waals surface area contributed by atoms with E-state index in [1.165, 1.54) is 32.5 Å². The van der Waals surface area contributed by atoms with Crippen molar-refractivity contribution in [2.24, 2.45) is 0 Å². The predicted molar refractivity (Wildman–Crippen MR) is 109 cm³/mol. The Hall–Kier alpha value is -2.78. The number of methoxy groups -OCH3 is 2. The van der Waals surface area contributed by atoms with E-state index in [2.05, 4.69) is 25.6 Å². The average Bonchev–Trinajstić information content (AvgIpc) is 2.69. The number of para-hydroxylation sites is 1. The Balaban J connectivity index is 1.96. The molecule has 0 fully saturated rings.